The molecular weight excluding hydrogens is 140 g/mol. The molecule has 0 heterocycles. The highest BCUT2D eigenvalue weighted by Gasteiger charge is 2.19. The van der Waals surface area contributed by atoms with Crippen molar-refractivity contribution < 1.29 is 4.79 Å². The van der Waals surface area contributed by atoms with Crippen LogP contribution < -0.4 is 5.32 Å². The Morgan fingerprint density at radius 2 is 1.91 bits per heavy atom. The number of amides is 1. The van der Waals surface area contributed by atoms with Crippen LogP contribution in [0.4, 0.5) is 0 Å². The molecule has 1 radical (unpaired) electrons. The van der Waals surface area contributed by atoms with Gasteiger partial charge in [-0.05, 0) is 25.7 Å². The van der Waals surface area contributed by atoms with Crippen LogP contribution in [0.5, 0.6) is 0 Å². The zero-order valence-corrected chi connectivity index (χ0v) is 6.34. The molecule has 1 aliphatic carbocycles. The van der Waals surface area contributed by atoms with Gasteiger partial charge in [-0.15, -0.1) is 0 Å². The molecule has 0 atom stereocenters. The summed E-state index contributed by atoms with van der Waals surface area (Å²) in [6.45, 7) is 0. The molecule has 1 rings (SSSR count). The van der Waals surface area contributed by atoms with Crippen molar-refractivity contribution in [2.45, 2.75) is 31.7 Å². The first kappa shape index (κ1) is 8.06. The quantitative estimate of drug-likeness (QED) is 0.591. The largest absolute Gasteiger partial charge is 0.345 e. The van der Waals surface area contributed by atoms with Crippen molar-refractivity contribution >= 4 is 6.41 Å². The summed E-state index contributed by atoms with van der Waals surface area (Å²) >= 11 is 0. The van der Waals surface area contributed by atoms with Crippen molar-refractivity contribution in [1.82, 2.24) is 5.32 Å². The van der Waals surface area contributed by atoms with Crippen molar-refractivity contribution in [3.8, 4) is 6.07 Å². The third-order valence-electron chi connectivity index (χ3n) is 2.17. The van der Waals surface area contributed by atoms with E-state index in [1.165, 1.54) is 0 Å². The third kappa shape index (κ3) is 2.23. The predicted molar refractivity (Wildman–Crippen MR) is 40.2 cm³/mol. The summed E-state index contributed by atoms with van der Waals surface area (Å²) < 4.78 is 0. The Hall–Kier alpha value is -1.04. The van der Waals surface area contributed by atoms with Crippen molar-refractivity contribution in [2.75, 3.05) is 0 Å². The standard InChI is InChI=1S/C8H11N2O/c9-5-7-1-3-8(4-2-7)10-6-11/h7-8H,1-4H2,(H,10,11). The van der Waals surface area contributed by atoms with E-state index in [9.17, 15) is 4.79 Å². The number of nitrogens with zero attached hydrogens (tertiary/aromatic N) is 1. The fourth-order valence-corrected chi connectivity index (χ4v) is 1.45. The highest BCUT2D eigenvalue weighted by atomic mass is 16.1. The average Bonchev–Trinajstić information content (AvgIpc) is 2.07. The van der Waals surface area contributed by atoms with E-state index in [1.54, 1.807) is 6.41 Å². The Labute approximate surface area is 66.4 Å². The molecular formula is C8H11N2O. The molecule has 0 aromatic heterocycles. The first-order chi connectivity index (χ1) is 5.36. The van der Waals surface area contributed by atoms with Gasteiger partial charge in [-0.1, -0.05) is 0 Å². The average molecular weight is 151 g/mol. The van der Waals surface area contributed by atoms with Crippen molar-refractivity contribution in [1.29, 1.82) is 5.26 Å². The van der Waals surface area contributed by atoms with E-state index >= 15 is 0 Å². The van der Waals surface area contributed by atoms with Gasteiger partial charge in [0, 0.05) is 12.0 Å². The highest BCUT2D eigenvalue weighted by molar-refractivity contribution is 5.47. The number of nitrogens with one attached hydrogen (secondary N) is 1. The fraction of sp³-hybridized carbons (Fsp3) is 0.750. The number of hydrogen-bond donors (Lipinski definition) is 1. The van der Waals surface area contributed by atoms with E-state index in [4.69, 9.17) is 5.26 Å². The van der Waals surface area contributed by atoms with Gasteiger partial charge in [-0.25, -0.2) is 0 Å². The van der Waals surface area contributed by atoms with E-state index in [-0.39, 0.29) is 12.0 Å². The summed E-state index contributed by atoms with van der Waals surface area (Å²) in [5.41, 5.74) is 0. The van der Waals surface area contributed by atoms with E-state index in [0.29, 0.717) is 0 Å². The molecule has 11 heavy (non-hydrogen) atoms. The molecule has 0 saturated heterocycles. The summed E-state index contributed by atoms with van der Waals surface area (Å²) in [7, 11) is 0. The first-order valence-corrected chi connectivity index (χ1v) is 3.89. The van der Waals surface area contributed by atoms with Gasteiger partial charge in [0.05, 0.1) is 6.07 Å². The Morgan fingerprint density at radius 1 is 1.27 bits per heavy atom. The number of rotatable bonds is 2. The second kappa shape index (κ2) is 3.97. The fourth-order valence-electron chi connectivity index (χ4n) is 1.45. The van der Waals surface area contributed by atoms with Gasteiger partial charge in [-0.2, -0.15) is 5.26 Å². The molecule has 0 aromatic carbocycles. The Kier molecular flexibility index (Phi) is 2.91. The van der Waals surface area contributed by atoms with E-state index in [1.807, 2.05) is 0 Å². The molecule has 59 valence electrons. The lowest BCUT2D eigenvalue weighted by Crippen LogP contribution is -2.31. The second-order valence-corrected chi connectivity index (χ2v) is 2.92. The molecule has 1 fully saturated rings. The van der Waals surface area contributed by atoms with Crippen molar-refractivity contribution in [2.24, 2.45) is 5.92 Å². The van der Waals surface area contributed by atoms with Crippen LogP contribution in [0.1, 0.15) is 25.7 Å². The molecule has 0 unspecified atom stereocenters. The molecule has 1 aliphatic rings. The Morgan fingerprint density at radius 3 is 2.36 bits per heavy atom. The lowest BCUT2D eigenvalue weighted by atomic mass is 9.87. The smallest absolute Gasteiger partial charge is 0.309 e. The zero-order chi connectivity index (χ0) is 8.10. The molecule has 0 aliphatic heterocycles. The van der Waals surface area contributed by atoms with Crippen LogP contribution in [0.15, 0.2) is 0 Å². The normalized spacial score (nSPS) is 30.5. The molecule has 1 amide bonds. The molecule has 1 saturated carbocycles. The SMILES string of the molecule is N#CC1CCC(N[C]=O)CC1. The minimum Gasteiger partial charge on any atom is -0.345 e. The van der Waals surface area contributed by atoms with E-state index in [2.05, 4.69) is 11.4 Å². The van der Waals surface area contributed by atoms with Crippen LogP contribution in [0.2, 0.25) is 0 Å². The molecule has 0 bridgehead atoms. The Bertz CT molecular complexity index is 165. The van der Waals surface area contributed by atoms with Gasteiger partial charge in [0.2, 0.25) is 0 Å². The van der Waals surface area contributed by atoms with Gasteiger partial charge in [0.25, 0.3) is 0 Å². The third-order valence-corrected chi connectivity index (χ3v) is 2.17. The predicted octanol–water partition coefficient (Wildman–Crippen LogP) is 0.726. The van der Waals surface area contributed by atoms with Crippen LogP contribution in [0.3, 0.4) is 0 Å². The van der Waals surface area contributed by atoms with Crippen LogP contribution in [0.25, 0.3) is 0 Å². The maximum absolute atomic E-state index is 9.92. The second-order valence-electron chi connectivity index (χ2n) is 2.92. The number of nitriles is 1. The van der Waals surface area contributed by atoms with Gasteiger partial charge in [0.15, 0.2) is 0 Å². The molecule has 3 nitrogen and oxygen atoms in total. The topological polar surface area (TPSA) is 52.9 Å². The lowest BCUT2D eigenvalue weighted by molar-refractivity contribution is 0.356. The van der Waals surface area contributed by atoms with Gasteiger partial charge >= 0.3 is 6.41 Å². The van der Waals surface area contributed by atoms with E-state index in [0.717, 1.165) is 25.7 Å². The monoisotopic (exact) mass is 151 g/mol. The maximum atomic E-state index is 9.92. The number of hydrogen-bond acceptors (Lipinski definition) is 2. The highest BCUT2D eigenvalue weighted by Crippen LogP contribution is 2.22. The van der Waals surface area contributed by atoms with Crippen molar-refractivity contribution in [3.05, 3.63) is 0 Å². The summed E-state index contributed by atoms with van der Waals surface area (Å²) in [5.74, 6) is 0.208. The maximum Gasteiger partial charge on any atom is 0.309 e. The molecule has 3 heteroatoms. The first-order valence-electron chi connectivity index (χ1n) is 3.89. The van der Waals surface area contributed by atoms with Crippen LogP contribution in [0, 0.1) is 17.2 Å². The molecule has 0 spiro atoms. The van der Waals surface area contributed by atoms with Crippen molar-refractivity contribution in [3.63, 3.8) is 0 Å². The summed E-state index contributed by atoms with van der Waals surface area (Å²) in [4.78, 5) is 9.92. The zero-order valence-electron chi connectivity index (χ0n) is 6.34. The summed E-state index contributed by atoms with van der Waals surface area (Å²) in [5, 5.41) is 11.2. The summed E-state index contributed by atoms with van der Waals surface area (Å²) in [6, 6.07) is 2.50. The minimum absolute atomic E-state index is 0.208. The van der Waals surface area contributed by atoms with Gasteiger partial charge in [-0.3, -0.25) is 4.79 Å². The number of carbonyl (C=O) groups excluding carboxylic acids is 1. The van der Waals surface area contributed by atoms with E-state index < -0.39 is 0 Å². The van der Waals surface area contributed by atoms with Crippen LogP contribution >= 0.6 is 0 Å². The summed E-state index contributed by atoms with van der Waals surface area (Å²) in [6.07, 6.45) is 5.36. The van der Waals surface area contributed by atoms with Gasteiger partial charge in [0.1, 0.15) is 0 Å². The van der Waals surface area contributed by atoms with Crippen LogP contribution in [-0.4, -0.2) is 12.5 Å². The Balaban J connectivity index is 2.25. The molecule has 0 aromatic rings. The molecule has 1 N–H and O–H groups in total. The van der Waals surface area contributed by atoms with Gasteiger partial charge < -0.3 is 5.32 Å². The minimum atomic E-state index is 0.208. The lowest BCUT2D eigenvalue weighted by Gasteiger charge is -2.23. The van der Waals surface area contributed by atoms with Crippen LogP contribution in [-0.2, 0) is 4.79 Å².